The SMILES string of the molecule is COC(=O)c1cc(NC(=O)c2ccccc2OC)ccc1N1CCOCC1. The molecule has 27 heavy (non-hydrogen) atoms. The number of para-hydroxylation sites is 1. The van der Waals surface area contributed by atoms with Crippen molar-refractivity contribution >= 4 is 23.3 Å². The Morgan fingerprint density at radius 1 is 1.04 bits per heavy atom. The number of amides is 1. The number of nitrogens with one attached hydrogen (secondary N) is 1. The van der Waals surface area contributed by atoms with E-state index < -0.39 is 5.97 Å². The van der Waals surface area contributed by atoms with Crippen molar-refractivity contribution < 1.29 is 23.8 Å². The number of hydrogen-bond acceptors (Lipinski definition) is 6. The molecule has 0 bridgehead atoms. The molecule has 1 aliphatic rings. The lowest BCUT2D eigenvalue weighted by molar-refractivity contribution is 0.0600. The van der Waals surface area contributed by atoms with Gasteiger partial charge >= 0.3 is 5.97 Å². The second kappa shape index (κ2) is 8.55. The third-order valence-electron chi connectivity index (χ3n) is 4.36. The summed E-state index contributed by atoms with van der Waals surface area (Å²) in [5.74, 6) is -0.291. The van der Waals surface area contributed by atoms with Crippen molar-refractivity contribution in [2.24, 2.45) is 0 Å². The summed E-state index contributed by atoms with van der Waals surface area (Å²) in [6, 6.07) is 12.2. The van der Waals surface area contributed by atoms with Gasteiger partial charge in [0.25, 0.3) is 5.91 Å². The number of methoxy groups -OCH3 is 2. The standard InChI is InChI=1S/C20H22N2O5/c1-25-18-6-4-3-5-15(18)19(23)21-14-7-8-17(16(13-14)20(24)26-2)22-9-11-27-12-10-22/h3-8,13H,9-12H2,1-2H3,(H,21,23). The average Bonchev–Trinajstić information content (AvgIpc) is 2.73. The van der Waals surface area contributed by atoms with Crippen LogP contribution < -0.4 is 15.0 Å². The third-order valence-corrected chi connectivity index (χ3v) is 4.36. The number of benzene rings is 2. The highest BCUT2D eigenvalue weighted by molar-refractivity contribution is 6.07. The van der Waals surface area contributed by atoms with Gasteiger partial charge in [-0.15, -0.1) is 0 Å². The number of ether oxygens (including phenoxy) is 3. The van der Waals surface area contributed by atoms with Gasteiger partial charge in [-0.1, -0.05) is 12.1 Å². The first-order valence-electron chi connectivity index (χ1n) is 8.63. The van der Waals surface area contributed by atoms with Crippen LogP contribution in [-0.4, -0.2) is 52.4 Å². The molecule has 0 spiro atoms. The van der Waals surface area contributed by atoms with Crippen molar-refractivity contribution in [2.75, 3.05) is 50.7 Å². The number of carbonyl (C=O) groups excluding carboxylic acids is 2. The molecular weight excluding hydrogens is 348 g/mol. The number of anilines is 2. The predicted molar refractivity (Wildman–Crippen MR) is 102 cm³/mol. The van der Waals surface area contributed by atoms with Crippen molar-refractivity contribution in [3.63, 3.8) is 0 Å². The zero-order valence-corrected chi connectivity index (χ0v) is 15.4. The minimum absolute atomic E-state index is 0.317. The van der Waals surface area contributed by atoms with E-state index in [0.29, 0.717) is 48.9 Å². The molecular formula is C20H22N2O5. The predicted octanol–water partition coefficient (Wildman–Crippen LogP) is 2.57. The zero-order chi connectivity index (χ0) is 19.2. The Morgan fingerprint density at radius 2 is 1.78 bits per heavy atom. The maximum Gasteiger partial charge on any atom is 0.340 e. The Kier molecular flexibility index (Phi) is 5.93. The summed E-state index contributed by atoms with van der Waals surface area (Å²) in [7, 11) is 2.85. The average molecular weight is 370 g/mol. The van der Waals surface area contributed by atoms with Crippen molar-refractivity contribution in [3.05, 3.63) is 53.6 Å². The molecule has 1 N–H and O–H groups in total. The monoisotopic (exact) mass is 370 g/mol. The second-order valence-corrected chi connectivity index (χ2v) is 5.98. The second-order valence-electron chi connectivity index (χ2n) is 5.98. The molecule has 0 aliphatic carbocycles. The number of nitrogens with zero attached hydrogens (tertiary/aromatic N) is 1. The van der Waals surface area contributed by atoms with Gasteiger partial charge in [-0.25, -0.2) is 4.79 Å². The van der Waals surface area contributed by atoms with Crippen LogP contribution >= 0.6 is 0 Å². The van der Waals surface area contributed by atoms with Gasteiger partial charge in [0.1, 0.15) is 5.75 Å². The van der Waals surface area contributed by atoms with E-state index in [1.165, 1.54) is 14.2 Å². The molecule has 1 saturated heterocycles. The fourth-order valence-corrected chi connectivity index (χ4v) is 3.00. The molecule has 1 fully saturated rings. The highest BCUT2D eigenvalue weighted by Gasteiger charge is 2.21. The lowest BCUT2D eigenvalue weighted by Crippen LogP contribution is -2.37. The van der Waals surface area contributed by atoms with Gasteiger partial charge < -0.3 is 24.4 Å². The fraction of sp³-hybridized carbons (Fsp3) is 0.300. The van der Waals surface area contributed by atoms with Gasteiger partial charge in [0.15, 0.2) is 0 Å². The van der Waals surface area contributed by atoms with Gasteiger partial charge in [0.2, 0.25) is 0 Å². The maximum absolute atomic E-state index is 12.6. The summed E-state index contributed by atoms with van der Waals surface area (Å²) in [5, 5.41) is 2.81. The number of morpholine rings is 1. The minimum Gasteiger partial charge on any atom is -0.496 e. The molecule has 7 nitrogen and oxygen atoms in total. The van der Waals surface area contributed by atoms with E-state index in [-0.39, 0.29) is 5.91 Å². The van der Waals surface area contributed by atoms with Crippen LogP contribution in [-0.2, 0) is 9.47 Å². The van der Waals surface area contributed by atoms with Gasteiger partial charge in [0.05, 0.1) is 44.2 Å². The van der Waals surface area contributed by atoms with E-state index >= 15 is 0 Å². The summed E-state index contributed by atoms with van der Waals surface area (Å²) in [6.45, 7) is 2.59. The lowest BCUT2D eigenvalue weighted by atomic mass is 10.1. The van der Waals surface area contributed by atoms with Crippen LogP contribution in [0.4, 0.5) is 11.4 Å². The maximum atomic E-state index is 12.6. The molecule has 0 saturated carbocycles. The van der Waals surface area contributed by atoms with E-state index in [1.54, 1.807) is 36.4 Å². The Bertz CT molecular complexity index is 831. The van der Waals surface area contributed by atoms with Crippen LogP contribution in [0.1, 0.15) is 20.7 Å². The molecule has 142 valence electrons. The number of hydrogen-bond donors (Lipinski definition) is 1. The third kappa shape index (κ3) is 4.20. The highest BCUT2D eigenvalue weighted by Crippen LogP contribution is 2.27. The quantitative estimate of drug-likeness (QED) is 0.815. The first-order valence-corrected chi connectivity index (χ1v) is 8.63. The first-order chi connectivity index (χ1) is 13.1. The van der Waals surface area contributed by atoms with E-state index in [1.807, 2.05) is 6.07 Å². The van der Waals surface area contributed by atoms with Crippen LogP contribution in [0.5, 0.6) is 5.75 Å². The van der Waals surface area contributed by atoms with Crippen LogP contribution in [0.2, 0.25) is 0 Å². The molecule has 3 rings (SSSR count). The van der Waals surface area contributed by atoms with E-state index in [9.17, 15) is 9.59 Å². The summed E-state index contributed by atoms with van der Waals surface area (Å²) in [5.41, 5.74) is 2.08. The van der Waals surface area contributed by atoms with Gasteiger partial charge in [-0.05, 0) is 30.3 Å². The molecule has 2 aromatic carbocycles. The molecule has 0 radical (unpaired) electrons. The van der Waals surface area contributed by atoms with E-state index in [2.05, 4.69) is 10.2 Å². The van der Waals surface area contributed by atoms with E-state index in [0.717, 1.165) is 5.69 Å². The van der Waals surface area contributed by atoms with Crippen molar-refractivity contribution in [2.45, 2.75) is 0 Å². The van der Waals surface area contributed by atoms with Gasteiger partial charge in [-0.3, -0.25) is 4.79 Å². The van der Waals surface area contributed by atoms with Gasteiger partial charge in [0, 0.05) is 18.8 Å². The van der Waals surface area contributed by atoms with Crippen LogP contribution in [0.25, 0.3) is 0 Å². The molecule has 7 heteroatoms. The molecule has 1 heterocycles. The molecule has 0 aromatic heterocycles. The molecule has 2 aromatic rings. The smallest absolute Gasteiger partial charge is 0.340 e. The highest BCUT2D eigenvalue weighted by atomic mass is 16.5. The first kappa shape index (κ1) is 18.7. The van der Waals surface area contributed by atoms with Crippen LogP contribution in [0, 0.1) is 0 Å². The van der Waals surface area contributed by atoms with Crippen LogP contribution in [0.15, 0.2) is 42.5 Å². The van der Waals surface area contributed by atoms with Gasteiger partial charge in [-0.2, -0.15) is 0 Å². The lowest BCUT2D eigenvalue weighted by Gasteiger charge is -2.30. The molecule has 0 unspecified atom stereocenters. The normalized spacial score (nSPS) is 13.8. The van der Waals surface area contributed by atoms with Crippen molar-refractivity contribution in [1.82, 2.24) is 0 Å². The Hall–Kier alpha value is -3.06. The summed E-state index contributed by atoms with van der Waals surface area (Å²) in [4.78, 5) is 26.9. The number of carbonyl (C=O) groups is 2. The molecule has 1 aliphatic heterocycles. The topological polar surface area (TPSA) is 77.1 Å². The Morgan fingerprint density at radius 3 is 2.48 bits per heavy atom. The van der Waals surface area contributed by atoms with Crippen LogP contribution in [0.3, 0.4) is 0 Å². The Labute approximate surface area is 157 Å². The summed E-state index contributed by atoms with van der Waals surface area (Å²) >= 11 is 0. The minimum atomic E-state index is -0.454. The molecule has 1 amide bonds. The fourth-order valence-electron chi connectivity index (χ4n) is 3.00. The largest absolute Gasteiger partial charge is 0.496 e. The zero-order valence-electron chi connectivity index (χ0n) is 15.4. The van der Waals surface area contributed by atoms with Crippen molar-refractivity contribution in [1.29, 1.82) is 0 Å². The summed E-state index contributed by atoms with van der Waals surface area (Å²) in [6.07, 6.45) is 0. The number of esters is 1. The summed E-state index contributed by atoms with van der Waals surface area (Å²) < 4.78 is 15.5. The molecule has 0 atom stereocenters. The van der Waals surface area contributed by atoms with Crippen molar-refractivity contribution in [3.8, 4) is 5.75 Å². The van der Waals surface area contributed by atoms with E-state index in [4.69, 9.17) is 14.2 Å². The number of rotatable bonds is 5. The Balaban J connectivity index is 1.87.